The molecule has 1 saturated heterocycles. The highest BCUT2D eigenvalue weighted by molar-refractivity contribution is 5.68. The van der Waals surface area contributed by atoms with E-state index in [1.807, 2.05) is 18.2 Å². The lowest BCUT2D eigenvalue weighted by Crippen LogP contribution is -2.30. The summed E-state index contributed by atoms with van der Waals surface area (Å²) in [7, 11) is 0. The minimum absolute atomic E-state index is 0.179. The van der Waals surface area contributed by atoms with Gasteiger partial charge in [-0.3, -0.25) is 4.98 Å². The van der Waals surface area contributed by atoms with Gasteiger partial charge in [0.1, 0.15) is 6.61 Å². The minimum Gasteiger partial charge on any atom is -0.443 e. The topological polar surface area (TPSA) is 51.7 Å². The Morgan fingerprint density at radius 1 is 1.35 bits per heavy atom. The van der Waals surface area contributed by atoms with Crippen molar-refractivity contribution in [3.05, 3.63) is 30.1 Å². The number of pyridine rings is 1. The van der Waals surface area contributed by atoms with Crippen LogP contribution in [0.4, 0.5) is 4.79 Å². The molecule has 1 aliphatic heterocycles. The fourth-order valence-corrected chi connectivity index (χ4v) is 2.30. The SMILES string of the molecule is O=C(OCc1ccccn1)N1CC[C@@H](OCC2CC2)C1. The Hall–Kier alpha value is -1.62. The van der Waals surface area contributed by atoms with Crippen LogP contribution in [-0.2, 0) is 16.1 Å². The number of nitrogens with zero attached hydrogens (tertiary/aromatic N) is 2. The summed E-state index contributed by atoms with van der Waals surface area (Å²) in [4.78, 5) is 17.8. The quantitative estimate of drug-likeness (QED) is 0.827. The zero-order chi connectivity index (χ0) is 13.8. The highest BCUT2D eigenvalue weighted by atomic mass is 16.6. The van der Waals surface area contributed by atoms with Gasteiger partial charge in [-0.2, -0.15) is 0 Å². The standard InChI is InChI=1S/C15H20N2O3/c18-15(20-11-13-3-1-2-7-16-13)17-8-6-14(9-17)19-10-12-4-5-12/h1-3,7,12,14H,4-6,8-11H2/t14-/m1/s1. The van der Waals surface area contributed by atoms with Gasteiger partial charge in [0.05, 0.1) is 18.3 Å². The second kappa shape index (κ2) is 6.22. The molecule has 0 spiro atoms. The van der Waals surface area contributed by atoms with Crippen LogP contribution in [0, 0.1) is 5.92 Å². The molecule has 5 nitrogen and oxygen atoms in total. The first-order valence-corrected chi connectivity index (χ1v) is 7.24. The van der Waals surface area contributed by atoms with Crippen molar-refractivity contribution in [2.24, 2.45) is 5.92 Å². The third-order valence-corrected chi connectivity index (χ3v) is 3.74. The first kappa shape index (κ1) is 13.4. The Morgan fingerprint density at radius 2 is 2.25 bits per heavy atom. The second-order valence-corrected chi connectivity index (χ2v) is 5.51. The summed E-state index contributed by atoms with van der Waals surface area (Å²) >= 11 is 0. The molecule has 1 atom stereocenters. The summed E-state index contributed by atoms with van der Waals surface area (Å²) < 4.78 is 11.1. The van der Waals surface area contributed by atoms with E-state index >= 15 is 0 Å². The number of aromatic nitrogens is 1. The molecule has 0 N–H and O–H groups in total. The number of rotatable bonds is 5. The molecular formula is C15H20N2O3. The average molecular weight is 276 g/mol. The molecule has 1 aromatic heterocycles. The van der Waals surface area contributed by atoms with E-state index in [-0.39, 0.29) is 18.8 Å². The fraction of sp³-hybridized carbons (Fsp3) is 0.600. The summed E-state index contributed by atoms with van der Waals surface area (Å²) in [6, 6.07) is 5.57. The third-order valence-electron chi connectivity index (χ3n) is 3.74. The Labute approximate surface area is 118 Å². The van der Waals surface area contributed by atoms with Gasteiger partial charge in [0.2, 0.25) is 0 Å². The van der Waals surface area contributed by atoms with Crippen LogP contribution in [-0.4, -0.2) is 41.8 Å². The van der Waals surface area contributed by atoms with Crippen LogP contribution in [0.1, 0.15) is 25.0 Å². The first-order chi connectivity index (χ1) is 9.81. The molecule has 1 aliphatic carbocycles. The van der Waals surface area contributed by atoms with Crippen LogP contribution >= 0.6 is 0 Å². The van der Waals surface area contributed by atoms with Crippen LogP contribution < -0.4 is 0 Å². The molecule has 2 fully saturated rings. The van der Waals surface area contributed by atoms with Gasteiger partial charge in [0, 0.05) is 19.3 Å². The average Bonchev–Trinajstić information content (AvgIpc) is 3.20. The number of hydrogen-bond acceptors (Lipinski definition) is 4. The van der Waals surface area contributed by atoms with E-state index in [2.05, 4.69) is 4.98 Å². The van der Waals surface area contributed by atoms with Gasteiger partial charge >= 0.3 is 6.09 Å². The van der Waals surface area contributed by atoms with Crippen LogP contribution in [0.25, 0.3) is 0 Å². The Balaban J connectivity index is 1.39. The zero-order valence-electron chi connectivity index (χ0n) is 11.5. The van der Waals surface area contributed by atoms with E-state index in [1.165, 1.54) is 12.8 Å². The summed E-state index contributed by atoms with van der Waals surface area (Å²) in [6.45, 7) is 2.44. The van der Waals surface area contributed by atoms with Gasteiger partial charge in [-0.05, 0) is 37.3 Å². The van der Waals surface area contributed by atoms with Crippen LogP contribution in [0.5, 0.6) is 0 Å². The minimum atomic E-state index is -0.270. The van der Waals surface area contributed by atoms with Crippen molar-refractivity contribution in [3.8, 4) is 0 Å². The number of hydrogen-bond donors (Lipinski definition) is 0. The largest absolute Gasteiger partial charge is 0.443 e. The Kier molecular flexibility index (Phi) is 4.16. The monoisotopic (exact) mass is 276 g/mol. The lowest BCUT2D eigenvalue weighted by atomic mass is 10.3. The van der Waals surface area contributed by atoms with E-state index in [0.29, 0.717) is 6.54 Å². The van der Waals surface area contributed by atoms with Crippen LogP contribution in [0.2, 0.25) is 0 Å². The summed E-state index contributed by atoms with van der Waals surface area (Å²) in [6.07, 6.45) is 5.10. The normalized spacial score (nSPS) is 22.0. The molecule has 0 bridgehead atoms. The zero-order valence-corrected chi connectivity index (χ0v) is 11.5. The lowest BCUT2D eigenvalue weighted by molar-refractivity contribution is 0.0477. The van der Waals surface area contributed by atoms with Gasteiger partial charge < -0.3 is 14.4 Å². The maximum atomic E-state index is 11.9. The third kappa shape index (κ3) is 3.70. The second-order valence-electron chi connectivity index (χ2n) is 5.51. The molecule has 20 heavy (non-hydrogen) atoms. The Morgan fingerprint density at radius 3 is 3.00 bits per heavy atom. The van der Waals surface area contributed by atoms with Crippen molar-refractivity contribution in [1.82, 2.24) is 9.88 Å². The molecular weight excluding hydrogens is 256 g/mol. The fourth-order valence-electron chi connectivity index (χ4n) is 2.30. The highest BCUT2D eigenvalue weighted by Gasteiger charge is 2.30. The molecule has 108 valence electrons. The molecule has 0 aromatic carbocycles. The van der Waals surface area contributed by atoms with E-state index in [9.17, 15) is 4.79 Å². The van der Waals surface area contributed by atoms with Gasteiger partial charge in [-0.15, -0.1) is 0 Å². The molecule has 1 saturated carbocycles. The van der Waals surface area contributed by atoms with Crippen molar-refractivity contribution in [2.75, 3.05) is 19.7 Å². The molecule has 1 amide bonds. The maximum absolute atomic E-state index is 11.9. The molecule has 1 aromatic rings. The number of likely N-dealkylation sites (tertiary alicyclic amines) is 1. The van der Waals surface area contributed by atoms with E-state index in [4.69, 9.17) is 9.47 Å². The van der Waals surface area contributed by atoms with E-state index < -0.39 is 0 Å². The van der Waals surface area contributed by atoms with Crippen molar-refractivity contribution in [2.45, 2.75) is 32.0 Å². The van der Waals surface area contributed by atoms with Gasteiger partial charge in [0.25, 0.3) is 0 Å². The molecule has 0 unspecified atom stereocenters. The molecule has 2 heterocycles. The molecule has 0 radical (unpaired) electrons. The summed E-state index contributed by atoms with van der Waals surface area (Å²) in [5, 5.41) is 0. The van der Waals surface area contributed by atoms with Crippen molar-refractivity contribution in [1.29, 1.82) is 0 Å². The number of carbonyl (C=O) groups excluding carboxylic acids is 1. The predicted octanol–water partition coefficient (Wildman–Crippen LogP) is 2.22. The highest BCUT2D eigenvalue weighted by Crippen LogP contribution is 2.30. The van der Waals surface area contributed by atoms with E-state index in [0.717, 1.165) is 31.2 Å². The van der Waals surface area contributed by atoms with Gasteiger partial charge in [-0.25, -0.2) is 4.79 Å². The molecule has 2 aliphatic rings. The lowest BCUT2D eigenvalue weighted by Gasteiger charge is -2.16. The predicted molar refractivity (Wildman–Crippen MR) is 73.1 cm³/mol. The van der Waals surface area contributed by atoms with Gasteiger partial charge in [-0.1, -0.05) is 6.07 Å². The maximum Gasteiger partial charge on any atom is 0.410 e. The molecule has 5 heteroatoms. The van der Waals surface area contributed by atoms with E-state index in [1.54, 1.807) is 11.1 Å². The van der Waals surface area contributed by atoms with Crippen molar-refractivity contribution >= 4 is 6.09 Å². The smallest absolute Gasteiger partial charge is 0.410 e. The van der Waals surface area contributed by atoms with Crippen LogP contribution in [0.3, 0.4) is 0 Å². The Bertz CT molecular complexity index is 448. The van der Waals surface area contributed by atoms with Crippen molar-refractivity contribution in [3.63, 3.8) is 0 Å². The summed E-state index contributed by atoms with van der Waals surface area (Å²) in [5.41, 5.74) is 0.765. The number of amides is 1. The molecule has 3 rings (SSSR count). The van der Waals surface area contributed by atoms with Crippen molar-refractivity contribution < 1.29 is 14.3 Å². The number of carbonyl (C=O) groups is 1. The first-order valence-electron chi connectivity index (χ1n) is 7.24. The van der Waals surface area contributed by atoms with Crippen LogP contribution in [0.15, 0.2) is 24.4 Å². The number of ether oxygens (including phenoxy) is 2. The summed E-state index contributed by atoms with van der Waals surface area (Å²) in [5.74, 6) is 0.764. The van der Waals surface area contributed by atoms with Gasteiger partial charge in [0.15, 0.2) is 0 Å².